The van der Waals surface area contributed by atoms with Crippen molar-refractivity contribution in [3.63, 3.8) is 0 Å². The van der Waals surface area contributed by atoms with Gasteiger partial charge in [-0.2, -0.15) is 0 Å². The standard InChI is InChI=1S/C22H42/c1-7-22(6,8-2)20-15-13-19(14-16-20)21(4,5)18-11-9-17(3)10-12-18/h17-20H,7-16H2,1-6H3. The average Bonchev–Trinajstić information content (AvgIpc) is 2.54. The molecule has 0 atom stereocenters. The molecule has 2 aliphatic carbocycles. The predicted octanol–water partition coefficient (Wildman–Crippen LogP) is 7.47. The van der Waals surface area contributed by atoms with Gasteiger partial charge in [0.1, 0.15) is 0 Å². The first-order valence-corrected chi connectivity index (χ1v) is 10.3. The van der Waals surface area contributed by atoms with Gasteiger partial charge in [0.05, 0.1) is 0 Å². The molecule has 0 spiro atoms. The van der Waals surface area contributed by atoms with E-state index in [0.29, 0.717) is 10.8 Å². The van der Waals surface area contributed by atoms with Crippen LogP contribution in [0.3, 0.4) is 0 Å². The van der Waals surface area contributed by atoms with E-state index in [0.717, 1.165) is 23.7 Å². The molecule has 0 aromatic rings. The first kappa shape index (κ1) is 18.3. The van der Waals surface area contributed by atoms with E-state index in [4.69, 9.17) is 0 Å². The topological polar surface area (TPSA) is 0 Å². The van der Waals surface area contributed by atoms with Gasteiger partial charge in [-0.15, -0.1) is 0 Å². The largest absolute Gasteiger partial charge is 0.0649 e. The number of hydrogen-bond donors (Lipinski definition) is 0. The molecule has 0 aliphatic heterocycles. The van der Waals surface area contributed by atoms with E-state index in [1.54, 1.807) is 0 Å². The van der Waals surface area contributed by atoms with Crippen molar-refractivity contribution in [2.45, 2.75) is 106 Å². The molecule has 0 unspecified atom stereocenters. The van der Waals surface area contributed by atoms with E-state index in [2.05, 4.69) is 41.5 Å². The molecular weight excluding hydrogens is 264 g/mol. The van der Waals surface area contributed by atoms with Crippen LogP contribution in [0.15, 0.2) is 0 Å². The van der Waals surface area contributed by atoms with Gasteiger partial charge in [0.2, 0.25) is 0 Å². The Balaban J connectivity index is 1.92. The number of rotatable bonds is 5. The summed E-state index contributed by atoms with van der Waals surface area (Å²) in [4.78, 5) is 0. The smallest absolute Gasteiger partial charge is 0.0298 e. The van der Waals surface area contributed by atoms with Crippen LogP contribution >= 0.6 is 0 Å². The maximum absolute atomic E-state index is 2.61. The van der Waals surface area contributed by atoms with Crippen molar-refractivity contribution < 1.29 is 0 Å². The van der Waals surface area contributed by atoms with Crippen LogP contribution in [0.4, 0.5) is 0 Å². The second kappa shape index (κ2) is 7.27. The van der Waals surface area contributed by atoms with Crippen molar-refractivity contribution in [3.05, 3.63) is 0 Å². The van der Waals surface area contributed by atoms with E-state index in [1.165, 1.54) is 64.2 Å². The molecule has 2 fully saturated rings. The Hall–Kier alpha value is 0. The molecule has 130 valence electrons. The fourth-order valence-corrected chi connectivity index (χ4v) is 5.70. The van der Waals surface area contributed by atoms with E-state index < -0.39 is 0 Å². The zero-order valence-corrected chi connectivity index (χ0v) is 16.4. The van der Waals surface area contributed by atoms with Crippen LogP contribution in [0, 0.1) is 34.5 Å². The van der Waals surface area contributed by atoms with Gasteiger partial charge in [0.25, 0.3) is 0 Å². The molecule has 0 amide bonds. The Morgan fingerprint density at radius 3 is 1.41 bits per heavy atom. The van der Waals surface area contributed by atoms with Gasteiger partial charge in [-0.05, 0) is 73.0 Å². The molecule has 0 N–H and O–H groups in total. The lowest BCUT2D eigenvalue weighted by atomic mass is 9.57. The van der Waals surface area contributed by atoms with Crippen molar-refractivity contribution >= 4 is 0 Å². The Morgan fingerprint density at radius 1 is 0.636 bits per heavy atom. The van der Waals surface area contributed by atoms with Gasteiger partial charge < -0.3 is 0 Å². The molecule has 0 radical (unpaired) electrons. The zero-order valence-electron chi connectivity index (χ0n) is 16.4. The summed E-state index contributed by atoms with van der Waals surface area (Å²) < 4.78 is 0. The van der Waals surface area contributed by atoms with Crippen LogP contribution in [0.25, 0.3) is 0 Å². The Bertz CT molecular complexity index is 320. The summed E-state index contributed by atoms with van der Waals surface area (Å²) in [7, 11) is 0. The predicted molar refractivity (Wildman–Crippen MR) is 99.0 cm³/mol. The van der Waals surface area contributed by atoms with E-state index in [-0.39, 0.29) is 0 Å². The maximum Gasteiger partial charge on any atom is -0.0298 e. The first-order chi connectivity index (χ1) is 10.3. The average molecular weight is 307 g/mol. The van der Waals surface area contributed by atoms with Crippen molar-refractivity contribution in [1.29, 1.82) is 0 Å². The monoisotopic (exact) mass is 306 g/mol. The molecule has 0 aromatic heterocycles. The molecule has 22 heavy (non-hydrogen) atoms. The van der Waals surface area contributed by atoms with Crippen molar-refractivity contribution in [2.24, 2.45) is 34.5 Å². The van der Waals surface area contributed by atoms with Gasteiger partial charge in [-0.25, -0.2) is 0 Å². The molecule has 0 aromatic carbocycles. The van der Waals surface area contributed by atoms with Crippen molar-refractivity contribution in [1.82, 2.24) is 0 Å². The fourth-order valence-electron chi connectivity index (χ4n) is 5.70. The van der Waals surface area contributed by atoms with Crippen LogP contribution in [-0.4, -0.2) is 0 Å². The highest BCUT2D eigenvalue weighted by molar-refractivity contribution is 4.92. The minimum absolute atomic E-state index is 0.583. The lowest BCUT2D eigenvalue weighted by Crippen LogP contribution is -2.39. The fraction of sp³-hybridized carbons (Fsp3) is 1.00. The molecular formula is C22H42. The highest BCUT2D eigenvalue weighted by Gasteiger charge is 2.42. The summed E-state index contributed by atoms with van der Waals surface area (Å²) in [6, 6.07) is 0. The van der Waals surface area contributed by atoms with Crippen molar-refractivity contribution in [2.75, 3.05) is 0 Å². The van der Waals surface area contributed by atoms with E-state index in [1.807, 2.05) is 0 Å². The molecule has 2 saturated carbocycles. The first-order valence-electron chi connectivity index (χ1n) is 10.3. The zero-order chi connectivity index (χ0) is 16.4. The molecule has 2 rings (SSSR count). The molecule has 0 heteroatoms. The Labute approximate surface area is 140 Å². The quantitative estimate of drug-likeness (QED) is 0.494. The SMILES string of the molecule is CCC(C)(CC)C1CCC(C(C)(C)C2CCC(C)CC2)CC1. The van der Waals surface area contributed by atoms with Crippen LogP contribution in [0.5, 0.6) is 0 Å². The second-order valence-corrected chi connectivity index (χ2v) is 9.69. The Kier molecular flexibility index (Phi) is 6.06. The summed E-state index contributed by atoms with van der Waals surface area (Å²) in [5, 5.41) is 0. The van der Waals surface area contributed by atoms with Gasteiger partial charge >= 0.3 is 0 Å². The van der Waals surface area contributed by atoms with E-state index >= 15 is 0 Å². The lowest BCUT2D eigenvalue weighted by molar-refractivity contribution is 0.0167. The molecule has 0 heterocycles. The van der Waals surface area contributed by atoms with Gasteiger partial charge in [0.15, 0.2) is 0 Å². The van der Waals surface area contributed by atoms with Gasteiger partial charge in [-0.1, -0.05) is 67.2 Å². The molecule has 0 saturated heterocycles. The lowest BCUT2D eigenvalue weighted by Gasteiger charge is -2.49. The third-order valence-electron chi connectivity index (χ3n) is 8.45. The van der Waals surface area contributed by atoms with E-state index in [9.17, 15) is 0 Å². The maximum atomic E-state index is 2.61. The van der Waals surface area contributed by atoms with Crippen LogP contribution in [0.2, 0.25) is 0 Å². The summed E-state index contributed by atoms with van der Waals surface area (Å²) in [5.74, 6) is 3.95. The summed E-state index contributed by atoms with van der Waals surface area (Å²) in [5.41, 5.74) is 1.19. The summed E-state index contributed by atoms with van der Waals surface area (Å²) in [6.45, 7) is 15.0. The highest BCUT2D eigenvalue weighted by atomic mass is 14.5. The third-order valence-corrected chi connectivity index (χ3v) is 8.45. The van der Waals surface area contributed by atoms with Crippen LogP contribution in [0.1, 0.15) is 106 Å². The summed E-state index contributed by atoms with van der Waals surface area (Å²) in [6.07, 6.45) is 14.7. The molecule has 0 nitrogen and oxygen atoms in total. The molecule has 2 aliphatic rings. The normalized spacial score (nSPS) is 34.6. The van der Waals surface area contributed by atoms with Gasteiger partial charge in [0, 0.05) is 0 Å². The Morgan fingerprint density at radius 2 is 1.00 bits per heavy atom. The van der Waals surface area contributed by atoms with Crippen LogP contribution in [-0.2, 0) is 0 Å². The van der Waals surface area contributed by atoms with Gasteiger partial charge in [-0.3, -0.25) is 0 Å². The molecule has 0 bridgehead atoms. The summed E-state index contributed by atoms with van der Waals surface area (Å²) >= 11 is 0. The highest BCUT2D eigenvalue weighted by Crippen LogP contribution is 2.52. The van der Waals surface area contributed by atoms with Crippen LogP contribution < -0.4 is 0 Å². The third kappa shape index (κ3) is 3.73. The van der Waals surface area contributed by atoms with Crippen molar-refractivity contribution in [3.8, 4) is 0 Å². The minimum Gasteiger partial charge on any atom is -0.0649 e. The minimum atomic E-state index is 0.583. The number of hydrogen-bond acceptors (Lipinski definition) is 0. The second-order valence-electron chi connectivity index (χ2n) is 9.69.